The Morgan fingerprint density at radius 1 is 1.26 bits per heavy atom. The normalized spacial score (nSPS) is 23.5. The van der Waals surface area contributed by atoms with Gasteiger partial charge in [0.15, 0.2) is 0 Å². The molecule has 0 aliphatic carbocycles. The minimum atomic E-state index is -3.62. The lowest BCUT2D eigenvalue weighted by molar-refractivity contribution is 0.103. The first kappa shape index (κ1) is 14.3. The van der Waals surface area contributed by atoms with Crippen molar-refractivity contribution in [2.45, 2.75) is 17.0 Å². The fraction of sp³-hybridized carbons (Fsp3) is 0.500. The van der Waals surface area contributed by atoms with Crippen LogP contribution in [0.4, 0.5) is 0 Å². The molecule has 1 aliphatic rings. The van der Waals surface area contributed by atoms with Crippen LogP contribution in [0.25, 0.3) is 0 Å². The second kappa shape index (κ2) is 5.87. The molecule has 1 aromatic rings. The molecule has 1 aromatic carbocycles. The van der Waals surface area contributed by atoms with Crippen LogP contribution >= 0.6 is 0 Å². The van der Waals surface area contributed by atoms with E-state index in [1.165, 1.54) is 13.2 Å². The van der Waals surface area contributed by atoms with Crippen LogP contribution in [-0.2, 0) is 14.8 Å². The summed E-state index contributed by atoms with van der Waals surface area (Å²) in [6.07, 6.45) is -0.163. The number of benzene rings is 1. The smallest absolute Gasteiger partial charge is 0.244 e. The van der Waals surface area contributed by atoms with E-state index in [1.54, 1.807) is 25.3 Å². The summed E-state index contributed by atoms with van der Waals surface area (Å²) in [4.78, 5) is 0.138. The Morgan fingerprint density at radius 3 is 2.68 bits per heavy atom. The van der Waals surface area contributed by atoms with Gasteiger partial charge in [0, 0.05) is 20.2 Å². The molecule has 2 N–H and O–H groups in total. The van der Waals surface area contributed by atoms with Crippen molar-refractivity contribution in [3.05, 3.63) is 24.3 Å². The molecule has 19 heavy (non-hydrogen) atoms. The Morgan fingerprint density at radius 2 is 2.00 bits per heavy atom. The van der Waals surface area contributed by atoms with Gasteiger partial charge in [0.1, 0.15) is 10.6 Å². The zero-order valence-electron chi connectivity index (χ0n) is 10.9. The number of ether oxygens (including phenoxy) is 2. The van der Waals surface area contributed by atoms with Gasteiger partial charge in [-0.25, -0.2) is 13.1 Å². The van der Waals surface area contributed by atoms with E-state index < -0.39 is 10.0 Å². The minimum absolute atomic E-state index is 0.138. The van der Waals surface area contributed by atoms with Crippen molar-refractivity contribution in [3.8, 4) is 5.75 Å². The van der Waals surface area contributed by atoms with Crippen molar-refractivity contribution in [3.63, 3.8) is 0 Å². The topological polar surface area (TPSA) is 76.7 Å². The van der Waals surface area contributed by atoms with Crippen LogP contribution < -0.4 is 14.8 Å². The molecule has 2 rings (SSSR count). The van der Waals surface area contributed by atoms with E-state index in [1.807, 2.05) is 0 Å². The first-order chi connectivity index (χ1) is 9.08. The Kier molecular flexibility index (Phi) is 4.41. The van der Waals surface area contributed by atoms with E-state index in [4.69, 9.17) is 9.47 Å². The second-order valence-corrected chi connectivity index (χ2v) is 5.99. The van der Waals surface area contributed by atoms with Gasteiger partial charge in [-0.15, -0.1) is 0 Å². The molecule has 7 heteroatoms. The molecule has 2 atom stereocenters. The lowest BCUT2D eigenvalue weighted by Crippen LogP contribution is -2.43. The molecule has 1 saturated heterocycles. The Bertz CT molecular complexity index is 532. The van der Waals surface area contributed by atoms with Crippen molar-refractivity contribution >= 4 is 10.0 Å². The standard InChI is InChI=1S/C12H18N2O4S/c1-17-10-5-3-4-6-12(10)19(15,16)14-9-7-13-8-11(9)18-2/h3-6,9,11,13-14H,7-8H2,1-2H3/t9?,11-/m0/s1. The van der Waals surface area contributed by atoms with Crippen LogP contribution in [0.3, 0.4) is 0 Å². The molecule has 106 valence electrons. The maximum Gasteiger partial charge on any atom is 0.244 e. The van der Waals surface area contributed by atoms with Gasteiger partial charge >= 0.3 is 0 Å². The summed E-state index contributed by atoms with van der Waals surface area (Å²) in [5, 5.41) is 3.09. The third-order valence-electron chi connectivity index (χ3n) is 3.13. The Labute approximate surface area is 113 Å². The largest absolute Gasteiger partial charge is 0.495 e. The highest BCUT2D eigenvalue weighted by Crippen LogP contribution is 2.23. The molecule has 1 heterocycles. The molecule has 0 saturated carbocycles. The van der Waals surface area contributed by atoms with E-state index in [0.29, 0.717) is 18.8 Å². The van der Waals surface area contributed by atoms with Crippen molar-refractivity contribution in [1.82, 2.24) is 10.0 Å². The summed E-state index contributed by atoms with van der Waals surface area (Å²) in [5.41, 5.74) is 0. The number of hydrogen-bond donors (Lipinski definition) is 2. The number of rotatable bonds is 5. The summed E-state index contributed by atoms with van der Waals surface area (Å²) in [5.74, 6) is 0.329. The Balaban J connectivity index is 2.23. The summed E-state index contributed by atoms with van der Waals surface area (Å²) < 4.78 is 37.7. The van der Waals surface area contributed by atoms with E-state index in [-0.39, 0.29) is 17.0 Å². The van der Waals surface area contributed by atoms with Gasteiger partial charge < -0.3 is 14.8 Å². The fourth-order valence-electron chi connectivity index (χ4n) is 2.12. The highest BCUT2D eigenvalue weighted by molar-refractivity contribution is 7.89. The Hall–Kier alpha value is -1.15. The SMILES string of the molecule is COc1ccccc1S(=O)(=O)NC1CNC[C@@H]1OC. The van der Waals surface area contributed by atoms with E-state index >= 15 is 0 Å². The summed E-state index contributed by atoms with van der Waals surface area (Å²) in [7, 11) is -0.605. The number of hydrogen-bond acceptors (Lipinski definition) is 5. The molecular formula is C12H18N2O4S. The van der Waals surface area contributed by atoms with Crippen molar-refractivity contribution in [2.75, 3.05) is 27.3 Å². The number of sulfonamides is 1. The van der Waals surface area contributed by atoms with Crippen LogP contribution in [0.15, 0.2) is 29.2 Å². The molecular weight excluding hydrogens is 268 g/mol. The number of nitrogens with one attached hydrogen (secondary N) is 2. The number of para-hydroxylation sites is 1. The second-order valence-electron chi connectivity index (χ2n) is 4.31. The van der Waals surface area contributed by atoms with Crippen LogP contribution in [0.1, 0.15) is 0 Å². The first-order valence-corrected chi connectivity index (χ1v) is 7.45. The van der Waals surface area contributed by atoms with Crippen LogP contribution in [0.5, 0.6) is 5.75 Å². The minimum Gasteiger partial charge on any atom is -0.495 e. The van der Waals surface area contributed by atoms with Gasteiger partial charge in [-0.1, -0.05) is 12.1 Å². The maximum atomic E-state index is 12.4. The molecule has 0 spiro atoms. The molecule has 6 nitrogen and oxygen atoms in total. The zero-order chi connectivity index (χ0) is 13.9. The van der Waals surface area contributed by atoms with Gasteiger partial charge in [-0.05, 0) is 12.1 Å². The highest BCUT2D eigenvalue weighted by atomic mass is 32.2. The van der Waals surface area contributed by atoms with Gasteiger partial charge in [0.25, 0.3) is 0 Å². The first-order valence-electron chi connectivity index (χ1n) is 5.97. The summed E-state index contributed by atoms with van der Waals surface area (Å²) >= 11 is 0. The van der Waals surface area contributed by atoms with Crippen LogP contribution in [0.2, 0.25) is 0 Å². The van der Waals surface area contributed by atoms with Gasteiger partial charge in [-0.3, -0.25) is 0 Å². The van der Waals surface area contributed by atoms with Crippen molar-refractivity contribution in [1.29, 1.82) is 0 Å². The highest BCUT2D eigenvalue weighted by Gasteiger charge is 2.32. The maximum absolute atomic E-state index is 12.4. The van der Waals surface area contributed by atoms with E-state index in [2.05, 4.69) is 10.0 Å². The average Bonchev–Trinajstić information content (AvgIpc) is 2.85. The van der Waals surface area contributed by atoms with Crippen LogP contribution in [-0.4, -0.2) is 47.9 Å². The monoisotopic (exact) mass is 286 g/mol. The zero-order valence-corrected chi connectivity index (χ0v) is 11.7. The lowest BCUT2D eigenvalue weighted by atomic mass is 10.2. The van der Waals surface area contributed by atoms with Crippen molar-refractivity contribution in [2.24, 2.45) is 0 Å². The lowest BCUT2D eigenvalue weighted by Gasteiger charge is -2.19. The summed E-state index contributed by atoms with van der Waals surface area (Å²) in [6.45, 7) is 1.18. The fourth-order valence-corrected chi connectivity index (χ4v) is 3.56. The molecule has 0 bridgehead atoms. The van der Waals surface area contributed by atoms with Gasteiger partial charge in [0.05, 0.1) is 19.3 Å². The molecule has 0 amide bonds. The van der Waals surface area contributed by atoms with E-state index in [0.717, 1.165) is 0 Å². The molecule has 0 radical (unpaired) electrons. The van der Waals surface area contributed by atoms with Crippen LogP contribution in [0, 0.1) is 0 Å². The third-order valence-corrected chi connectivity index (χ3v) is 4.66. The van der Waals surface area contributed by atoms with Gasteiger partial charge in [-0.2, -0.15) is 0 Å². The van der Waals surface area contributed by atoms with Crippen molar-refractivity contribution < 1.29 is 17.9 Å². The average molecular weight is 286 g/mol. The number of methoxy groups -OCH3 is 2. The predicted molar refractivity (Wildman–Crippen MR) is 70.8 cm³/mol. The van der Waals surface area contributed by atoms with Gasteiger partial charge in [0.2, 0.25) is 10.0 Å². The van der Waals surface area contributed by atoms with E-state index in [9.17, 15) is 8.42 Å². The summed E-state index contributed by atoms with van der Waals surface area (Å²) in [6, 6.07) is 6.26. The quantitative estimate of drug-likeness (QED) is 0.794. The third kappa shape index (κ3) is 3.06. The molecule has 1 fully saturated rings. The molecule has 1 aliphatic heterocycles. The predicted octanol–water partition coefficient (Wildman–Crippen LogP) is -0.0397. The molecule has 0 aromatic heterocycles. The molecule has 1 unspecified atom stereocenters.